The van der Waals surface area contributed by atoms with Gasteiger partial charge in [-0.25, -0.2) is 4.98 Å². The van der Waals surface area contributed by atoms with E-state index in [0.29, 0.717) is 40.8 Å². The molecule has 3 rings (SSSR count). The van der Waals surface area contributed by atoms with Gasteiger partial charge in [-0.05, 0) is 51.0 Å². The number of nitrogen functional groups attached to an aromatic ring is 1. The predicted molar refractivity (Wildman–Crippen MR) is 116 cm³/mol. The molecular formula is C20H24ClN7O3. The molecule has 0 aliphatic heterocycles. The molecule has 0 aliphatic carbocycles. The van der Waals surface area contributed by atoms with Crippen molar-refractivity contribution in [3.8, 4) is 5.75 Å². The van der Waals surface area contributed by atoms with E-state index >= 15 is 0 Å². The minimum atomic E-state index is -0.373. The lowest BCUT2D eigenvalue weighted by Gasteiger charge is -2.12. The number of rotatable bonds is 7. The molecule has 164 valence electrons. The summed E-state index contributed by atoms with van der Waals surface area (Å²) < 4.78 is 7.15. The van der Waals surface area contributed by atoms with Crippen LogP contribution in [-0.2, 0) is 16.0 Å². The Morgan fingerprint density at radius 1 is 1.16 bits per heavy atom. The number of nitrogens with zero attached hydrogens (tertiary/aromatic N) is 4. The number of amides is 2. The first-order valence-corrected chi connectivity index (χ1v) is 10.1. The molecule has 11 heteroatoms. The van der Waals surface area contributed by atoms with Gasteiger partial charge in [-0.2, -0.15) is 9.50 Å². The Bertz CT molecular complexity index is 1130. The molecule has 0 unspecified atom stereocenters. The Morgan fingerprint density at radius 2 is 1.90 bits per heavy atom. The number of aromatic nitrogens is 4. The fourth-order valence-electron chi connectivity index (χ4n) is 3.08. The Balaban J connectivity index is 1.44. The summed E-state index contributed by atoms with van der Waals surface area (Å²) >= 11 is 5.92. The van der Waals surface area contributed by atoms with Gasteiger partial charge in [0.15, 0.2) is 0 Å². The molecular weight excluding hydrogens is 422 g/mol. The van der Waals surface area contributed by atoms with Crippen LogP contribution in [0.4, 0.5) is 5.95 Å². The SMILES string of the molecule is Cc1cc(Cl)ccc1OCCCC(=O)NNC(=O)Cc1c(C)nc2nc(N)nn2c1C. The van der Waals surface area contributed by atoms with Gasteiger partial charge in [-0.15, -0.1) is 5.10 Å². The van der Waals surface area contributed by atoms with Crippen LogP contribution in [0.2, 0.25) is 5.02 Å². The lowest BCUT2D eigenvalue weighted by atomic mass is 10.1. The van der Waals surface area contributed by atoms with Crippen molar-refractivity contribution in [1.29, 1.82) is 0 Å². The molecule has 0 fully saturated rings. The average Bonchev–Trinajstić information content (AvgIpc) is 3.08. The van der Waals surface area contributed by atoms with E-state index in [9.17, 15) is 9.59 Å². The Kier molecular flexibility index (Phi) is 6.91. The van der Waals surface area contributed by atoms with Crippen molar-refractivity contribution in [1.82, 2.24) is 30.4 Å². The first-order chi connectivity index (χ1) is 14.7. The van der Waals surface area contributed by atoms with Gasteiger partial charge in [0.05, 0.1) is 13.0 Å². The number of fused-ring (bicyclic) bond motifs is 1. The van der Waals surface area contributed by atoms with Crippen LogP contribution in [0.1, 0.15) is 35.4 Å². The largest absolute Gasteiger partial charge is 0.493 e. The van der Waals surface area contributed by atoms with Gasteiger partial charge < -0.3 is 10.5 Å². The molecule has 2 amide bonds. The average molecular weight is 446 g/mol. The molecule has 0 bridgehead atoms. The number of nitrogens with one attached hydrogen (secondary N) is 2. The standard InChI is InChI=1S/C20H24ClN7O3/c1-11-9-14(21)6-7-16(11)31-8-4-5-17(29)25-26-18(30)10-15-12(2)23-20-24-19(22)27-28(20)13(15)3/h6-7,9H,4-5,8,10H2,1-3H3,(H2,22,27)(H,25,29)(H,26,30). The van der Waals surface area contributed by atoms with Crippen LogP contribution >= 0.6 is 11.6 Å². The molecule has 0 saturated heterocycles. The van der Waals surface area contributed by atoms with Crippen LogP contribution in [-0.4, -0.2) is 38.0 Å². The zero-order valence-electron chi connectivity index (χ0n) is 17.5. The monoisotopic (exact) mass is 445 g/mol. The van der Waals surface area contributed by atoms with Crippen LogP contribution in [0.25, 0.3) is 5.78 Å². The van der Waals surface area contributed by atoms with E-state index in [1.54, 1.807) is 26.0 Å². The van der Waals surface area contributed by atoms with E-state index in [4.69, 9.17) is 22.1 Å². The van der Waals surface area contributed by atoms with E-state index < -0.39 is 0 Å². The Hall–Kier alpha value is -3.40. The lowest BCUT2D eigenvalue weighted by Crippen LogP contribution is -2.42. The predicted octanol–water partition coefficient (Wildman–Crippen LogP) is 1.83. The van der Waals surface area contributed by atoms with Gasteiger partial charge in [-0.1, -0.05) is 11.6 Å². The highest BCUT2D eigenvalue weighted by Crippen LogP contribution is 2.22. The summed E-state index contributed by atoms with van der Waals surface area (Å²) in [7, 11) is 0. The van der Waals surface area contributed by atoms with Crippen LogP contribution in [0.5, 0.6) is 5.75 Å². The topological polar surface area (TPSA) is 137 Å². The first-order valence-electron chi connectivity index (χ1n) is 9.69. The normalized spacial score (nSPS) is 10.8. The number of nitrogens with two attached hydrogens (primary N) is 1. The number of benzene rings is 1. The van der Waals surface area contributed by atoms with Crippen molar-refractivity contribution in [3.05, 3.63) is 45.7 Å². The third-order valence-electron chi connectivity index (χ3n) is 4.69. The number of carbonyl (C=O) groups excluding carboxylic acids is 2. The zero-order chi connectivity index (χ0) is 22.5. The summed E-state index contributed by atoms with van der Waals surface area (Å²) in [6.45, 7) is 5.85. The van der Waals surface area contributed by atoms with Crippen LogP contribution in [0.15, 0.2) is 18.2 Å². The first kappa shape index (κ1) is 22.3. The summed E-state index contributed by atoms with van der Waals surface area (Å²) in [5, 5.41) is 4.72. The molecule has 0 spiro atoms. The third-order valence-corrected chi connectivity index (χ3v) is 4.92. The van der Waals surface area contributed by atoms with E-state index in [1.807, 2.05) is 13.0 Å². The van der Waals surface area contributed by atoms with Crippen LogP contribution < -0.4 is 21.3 Å². The molecule has 0 saturated carbocycles. The van der Waals surface area contributed by atoms with Gasteiger partial charge in [0, 0.05) is 28.4 Å². The summed E-state index contributed by atoms with van der Waals surface area (Å²) in [4.78, 5) is 32.6. The van der Waals surface area contributed by atoms with Crippen LogP contribution in [0.3, 0.4) is 0 Å². The number of halogens is 1. The highest BCUT2D eigenvalue weighted by atomic mass is 35.5. The summed E-state index contributed by atoms with van der Waals surface area (Å²) in [5.41, 5.74) is 13.4. The second-order valence-electron chi connectivity index (χ2n) is 7.08. The molecule has 2 heterocycles. The fraction of sp³-hybridized carbons (Fsp3) is 0.350. The van der Waals surface area contributed by atoms with Crippen molar-refractivity contribution in [2.75, 3.05) is 12.3 Å². The second kappa shape index (κ2) is 9.61. The minimum Gasteiger partial charge on any atom is -0.493 e. The van der Waals surface area contributed by atoms with Crippen molar-refractivity contribution in [2.45, 2.75) is 40.0 Å². The second-order valence-corrected chi connectivity index (χ2v) is 7.51. The number of anilines is 1. The fourth-order valence-corrected chi connectivity index (χ4v) is 3.30. The van der Waals surface area contributed by atoms with Gasteiger partial charge in [0.25, 0.3) is 5.78 Å². The highest BCUT2D eigenvalue weighted by Gasteiger charge is 2.16. The number of ether oxygens (including phenoxy) is 1. The zero-order valence-corrected chi connectivity index (χ0v) is 18.3. The molecule has 0 radical (unpaired) electrons. The summed E-state index contributed by atoms with van der Waals surface area (Å²) in [6.07, 6.45) is 0.729. The van der Waals surface area contributed by atoms with Gasteiger partial charge >= 0.3 is 0 Å². The van der Waals surface area contributed by atoms with E-state index in [0.717, 1.165) is 11.3 Å². The Labute approximate surface area is 184 Å². The molecule has 3 aromatic rings. The van der Waals surface area contributed by atoms with E-state index in [2.05, 4.69) is 25.9 Å². The third kappa shape index (κ3) is 5.60. The van der Waals surface area contributed by atoms with E-state index in [-0.39, 0.29) is 30.6 Å². The molecule has 10 nitrogen and oxygen atoms in total. The lowest BCUT2D eigenvalue weighted by molar-refractivity contribution is -0.128. The molecule has 0 aliphatic rings. The smallest absolute Gasteiger partial charge is 0.254 e. The molecule has 0 atom stereocenters. The van der Waals surface area contributed by atoms with Gasteiger partial charge in [0.1, 0.15) is 5.75 Å². The minimum absolute atomic E-state index is 0.0274. The number of hydrogen-bond acceptors (Lipinski definition) is 7. The maximum atomic E-state index is 12.3. The van der Waals surface area contributed by atoms with Gasteiger partial charge in [0.2, 0.25) is 17.8 Å². The quantitative estimate of drug-likeness (QED) is 0.372. The maximum Gasteiger partial charge on any atom is 0.254 e. The van der Waals surface area contributed by atoms with Crippen molar-refractivity contribution < 1.29 is 14.3 Å². The summed E-state index contributed by atoms with van der Waals surface area (Å²) in [6, 6.07) is 5.36. The molecule has 4 N–H and O–H groups in total. The number of carbonyl (C=O) groups is 2. The summed E-state index contributed by atoms with van der Waals surface area (Å²) in [5.74, 6) is 0.529. The molecule has 31 heavy (non-hydrogen) atoms. The Morgan fingerprint density at radius 3 is 2.65 bits per heavy atom. The number of hydrazine groups is 1. The van der Waals surface area contributed by atoms with E-state index in [1.165, 1.54) is 4.52 Å². The van der Waals surface area contributed by atoms with Crippen molar-refractivity contribution in [2.24, 2.45) is 0 Å². The van der Waals surface area contributed by atoms with Crippen molar-refractivity contribution >= 4 is 35.1 Å². The maximum absolute atomic E-state index is 12.3. The number of aryl methyl sites for hydroxylation is 3. The molecule has 2 aromatic heterocycles. The van der Waals surface area contributed by atoms with Crippen LogP contribution in [0, 0.1) is 20.8 Å². The number of hydrogen-bond donors (Lipinski definition) is 3. The van der Waals surface area contributed by atoms with Gasteiger partial charge in [-0.3, -0.25) is 20.4 Å². The highest BCUT2D eigenvalue weighted by molar-refractivity contribution is 6.30. The molecule has 1 aromatic carbocycles. The van der Waals surface area contributed by atoms with Crippen molar-refractivity contribution in [3.63, 3.8) is 0 Å².